The van der Waals surface area contributed by atoms with Gasteiger partial charge >= 0.3 is 0 Å². The molecule has 0 aliphatic carbocycles. The number of hydrogen-bond acceptors (Lipinski definition) is 6. The second-order valence-electron chi connectivity index (χ2n) is 6.70. The van der Waals surface area contributed by atoms with Gasteiger partial charge in [-0.25, -0.2) is 4.98 Å². The second-order valence-corrected chi connectivity index (χ2v) is 6.70. The minimum Gasteiger partial charge on any atom is -0.497 e. The minimum atomic E-state index is -0.298. The van der Waals surface area contributed by atoms with Crippen LogP contribution in [0.1, 0.15) is 28.7 Å². The van der Waals surface area contributed by atoms with E-state index in [-0.39, 0.29) is 5.91 Å². The summed E-state index contributed by atoms with van der Waals surface area (Å²) in [4.78, 5) is 17.5. The summed E-state index contributed by atoms with van der Waals surface area (Å²) in [6.07, 6.45) is 0. The molecule has 3 aromatic heterocycles. The highest BCUT2D eigenvalue weighted by atomic mass is 16.5. The van der Waals surface area contributed by atoms with Crippen LogP contribution in [0.4, 0.5) is 5.82 Å². The van der Waals surface area contributed by atoms with Crippen LogP contribution in [0.5, 0.6) is 5.75 Å². The molecule has 0 saturated heterocycles. The Balaban J connectivity index is 1.80. The van der Waals surface area contributed by atoms with Crippen LogP contribution in [0.15, 0.2) is 40.9 Å². The van der Waals surface area contributed by atoms with Crippen molar-refractivity contribution >= 4 is 22.8 Å². The standard InChI is InChI=1S/C21H21N5O3/c1-5-26-13(3)10-17(24-26)23-20(27)16-9-12(2)22-21-18(16)19(25-29-21)14-7-6-8-15(11-14)28-4/h6-11H,5H2,1-4H3,(H,23,24,27). The number of pyridine rings is 1. The molecule has 0 aliphatic rings. The first kappa shape index (κ1) is 18.7. The number of rotatable bonds is 5. The first-order chi connectivity index (χ1) is 14.0. The Kier molecular flexibility index (Phi) is 4.75. The summed E-state index contributed by atoms with van der Waals surface area (Å²) >= 11 is 0. The van der Waals surface area contributed by atoms with Gasteiger partial charge in [0.1, 0.15) is 11.4 Å². The topological polar surface area (TPSA) is 95.1 Å². The summed E-state index contributed by atoms with van der Waals surface area (Å²) in [5.74, 6) is 0.884. The second kappa shape index (κ2) is 7.38. The number of anilines is 1. The van der Waals surface area contributed by atoms with Crippen molar-refractivity contribution < 1.29 is 14.1 Å². The molecule has 3 heterocycles. The summed E-state index contributed by atoms with van der Waals surface area (Å²) in [7, 11) is 1.60. The fourth-order valence-corrected chi connectivity index (χ4v) is 3.30. The van der Waals surface area contributed by atoms with Crippen LogP contribution in [-0.2, 0) is 6.54 Å². The van der Waals surface area contributed by atoms with E-state index >= 15 is 0 Å². The third kappa shape index (κ3) is 3.44. The molecule has 0 saturated carbocycles. The van der Waals surface area contributed by atoms with E-state index in [2.05, 4.69) is 20.6 Å². The van der Waals surface area contributed by atoms with Gasteiger partial charge in [-0.05, 0) is 39.0 Å². The molecule has 148 valence electrons. The smallest absolute Gasteiger partial charge is 0.259 e. The van der Waals surface area contributed by atoms with Gasteiger partial charge in [0.15, 0.2) is 5.82 Å². The highest BCUT2D eigenvalue weighted by Gasteiger charge is 2.22. The van der Waals surface area contributed by atoms with Crippen molar-refractivity contribution in [2.75, 3.05) is 12.4 Å². The molecule has 8 nitrogen and oxygen atoms in total. The molecule has 4 aromatic rings. The molecule has 0 spiro atoms. The molecule has 1 aromatic carbocycles. The highest BCUT2D eigenvalue weighted by molar-refractivity contribution is 6.14. The predicted molar refractivity (Wildman–Crippen MR) is 109 cm³/mol. The Morgan fingerprint density at radius 2 is 2.07 bits per heavy atom. The van der Waals surface area contributed by atoms with Gasteiger partial charge in [-0.3, -0.25) is 9.48 Å². The summed E-state index contributed by atoms with van der Waals surface area (Å²) in [6, 6.07) is 11.0. The van der Waals surface area contributed by atoms with Crippen molar-refractivity contribution in [1.29, 1.82) is 0 Å². The number of fused-ring (bicyclic) bond motifs is 1. The van der Waals surface area contributed by atoms with Gasteiger partial charge in [-0.2, -0.15) is 5.10 Å². The molecule has 4 rings (SSSR count). The quantitative estimate of drug-likeness (QED) is 0.553. The molecular formula is C21H21N5O3. The average molecular weight is 391 g/mol. The third-order valence-corrected chi connectivity index (χ3v) is 4.68. The van der Waals surface area contributed by atoms with Crippen LogP contribution < -0.4 is 10.1 Å². The summed E-state index contributed by atoms with van der Waals surface area (Å²) in [5, 5.41) is 12.0. The van der Waals surface area contributed by atoms with Gasteiger partial charge in [0.05, 0.1) is 18.1 Å². The van der Waals surface area contributed by atoms with E-state index in [4.69, 9.17) is 9.26 Å². The molecular weight excluding hydrogens is 370 g/mol. The zero-order valence-electron chi connectivity index (χ0n) is 16.7. The first-order valence-corrected chi connectivity index (χ1v) is 9.27. The number of aryl methyl sites for hydroxylation is 3. The number of carbonyl (C=O) groups is 1. The molecule has 0 aliphatic heterocycles. The number of nitrogens with one attached hydrogen (secondary N) is 1. The number of benzene rings is 1. The van der Waals surface area contributed by atoms with E-state index in [9.17, 15) is 4.79 Å². The van der Waals surface area contributed by atoms with Crippen LogP contribution in [0, 0.1) is 13.8 Å². The van der Waals surface area contributed by atoms with Crippen LogP contribution in [0.3, 0.4) is 0 Å². The third-order valence-electron chi connectivity index (χ3n) is 4.68. The number of hydrogen-bond donors (Lipinski definition) is 1. The Morgan fingerprint density at radius 3 is 2.79 bits per heavy atom. The number of carbonyl (C=O) groups excluding carboxylic acids is 1. The fourth-order valence-electron chi connectivity index (χ4n) is 3.30. The maximum absolute atomic E-state index is 13.1. The van der Waals surface area contributed by atoms with Crippen LogP contribution in [-0.4, -0.2) is 32.9 Å². The average Bonchev–Trinajstić information content (AvgIpc) is 3.30. The zero-order valence-corrected chi connectivity index (χ0v) is 16.7. The van der Waals surface area contributed by atoms with Crippen LogP contribution in [0.2, 0.25) is 0 Å². The maximum Gasteiger partial charge on any atom is 0.259 e. The molecule has 1 N–H and O–H groups in total. The predicted octanol–water partition coefficient (Wildman–Crippen LogP) is 3.98. The molecule has 0 atom stereocenters. The largest absolute Gasteiger partial charge is 0.497 e. The van der Waals surface area contributed by atoms with E-state index in [0.717, 1.165) is 17.8 Å². The van der Waals surface area contributed by atoms with Crippen molar-refractivity contribution in [3.8, 4) is 17.0 Å². The van der Waals surface area contributed by atoms with Crippen molar-refractivity contribution in [3.63, 3.8) is 0 Å². The summed E-state index contributed by atoms with van der Waals surface area (Å²) in [6.45, 7) is 6.48. The molecule has 1 amide bonds. The van der Waals surface area contributed by atoms with E-state index in [1.54, 1.807) is 20.1 Å². The Bertz CT molecular complexity index is 1210. The fraction of sp³-hybridized carbons (Fsp3) is 0.238. The Morgan fingerprint density at radius 1 is 1.24 bits per heavy atom. The lowest BCUT2D eigenvalue weighted by atomic mass is 10.0. The van der Waals surface area contributed by atoms with Gasteiger partial charge in [-0.1, -0.05) is 17.3 Å². The lowest BCUT2D eigenvalue weighted by molar-refractivity contribution is 0.102. The first-order valence-electron chi connectivity index (χ1n) is 9.27. The van der Waals surface area contributed by atoms with E-state index in [1.807, 2.05) is 48.9 Å². The van der Waals surface area contributed by atoms with Crippen LogP contribution >= 0.6 is 0 Å². The number of amides is 1. The monoisotopic (exact) mass is 391 g/mol. The van der Waals surface area contributed by atoms with E-state index in [1.165, 1.54) is 0 Å². The summed E-state index contributed by atoms with van der Waals surface area (Å²) in [5.41, 5.74) is 3.67. The molecule has 29 heavy (non-hydrogen) atoms. The van der Waals surface area contributed by atoms with Crippen molar-refractivity contribution in [3.05, 3.63) is 53.3 Å². The van der Waals surface area contributed by atoms with E-state index in [0.29, 0.717) is 39.6 Å². The van der Waals surface area contributed by atoms with Gasteiger partial charge in [0, 0.05) is 29.6 Å². The lowest BCUT2D eigenvalue weighted by Crippen LogP contribution is -2.14. The molecule has 0 fully saturated rings. The molecule has 8 heteroatoms. The normalized spacial score (nSPS) is 11.0. The van der Waals surface area contributed by atoms with Gasteiger partial charge in [0.2, 0.25) is 0 Å². The van der Waals surface area contributed by atoms with Crippen molar-refractivity contribution in [1.82, 2.24) is 19.9 Å². The summed E-state index contributed by atoms with van der Waals surface area (Å²) < 4.78 is 12.6. The van der Waals surface area contributed by atoms with Gasteiger partial charge in [0.25, 0.3) is 11.6 Å². The van der Waals surface area contributed by atoms with Crippen molar-refractivity contribution in [2.24, 2.45) is 0 Å². The number of aromatic nitrogens is 4. The van der Waals surface area contributed by atoms with Crippen molar-refractivity contribution in [2.45, 2.75) is 27.3 Å². The van der Waals surface area contributed by atoms with Gasteiger partial charge in [-0.15, -0.1) is 0 Å². The molecule has 0 unspecified atom stereocenters. The number of ether oxygens (including phenoxy) is 1. The van der Waals surface area contributed by atoms with E-state index < -0.39 is 0 Å². The number of nitrogens with zero attached hydrogens (tertiary/aromatic N) is 4. The maximum atomic E-state index is 13.1. The zero-order chi connectivity index (χ0) is 20.5. The lowest BCUT2D eigenvalue weighted by Gasteiger charge is -2.06. The van der Waals surface area contributed by atoms with Crippen LogP contribution in [0.25, 0.3) is 22.4 Å². The molecule has 0 bridgehead atoms. The SMILES string of the molecule is CCn1nc(NC(=O)c2cc(C)nc3onc(-c4cccc(OC)c4)c23)cc1C. The Labute approximate surface area is 167 Å². The minimum absolute atomic E-state index is 0.298. The van der Waals surface area contributed by atoms with Gasteiger partial charge < -0.3 is 14.6 Å². The highest BCUT2D eigenvalue weighted by Crippen LogP contribution is 2.32. The molecule has 0 radical (unpaired) electrons. The number of methoxy groups -OCH3 is 1. The Hall–Kier alpha value is -3.68.